The zero-order valence-corrected chi connectivity index (χ0v) is 15.6. The second-order valence-corrected chi connectivity index (χ2v) is 6.19. The lowest BCUT2D eigenvalue weighted by Crippen LogP contribution is -2.42. The van der Waals surface area contributed by atoms with E-state index >= 15 is 0 Å². The van der Waals surface area contributed by atoms with Gasteiger partial charge in [0.15, 0.2) is 11.5 Å². The molecule has 1 N–H and O–H groups in total. The minimum Gasteiger partial charge on any atom is -0.493 e. The highest BCUT2D eigenvalue weighted by Gasteiger charge is 2.15. The Kier molecular flexibility index (Phi) is 7.30. The van der Waals surface area contributed by atoms with Gasteiger partial charge in [0.2, 0.25) is 0 Å². The number of hydrogen-bond acceptors (Lipinski definition) is 6. The summed E-state index contributed by atoms with van der Waals surface area (Å²) in [7, 11) is 5.24. The summed E-state index contributed by atoms with van der Waals surface area (Å²) in [6, 6.07) is 7.65. The second kappa shape index (κ2) is 9.68. The SMILES string of the molecule is COc1ccc(CCNC(=O)/C(C#N)=C\N2CCN(C)CC2)cc1OC. The number of nitriles is 1. The molecule has 1 fully saturated rings. The summed E-state index contributed by atoms with van der Waals surface area (Å²) in [6.45, 7) is 3.93. The van der Waals surface area contributed by atoms with E-state index in [1.165, 1.54) is 0 Å². The highest BCUT2D eigenvalue weighted by Crippen LogP contribution is 2.27. The van der Waals surface area contributed by atoms with Crippen LogP contribution in [0, 0.1) is 11.3 Å². The number of methoxy groups -OCH3 is 2. The van der Waals surface area contributed by atoms with Crippen molar-refractivity contribution in [1.29, 1.82) is 5.26 Å². The van der Waals surface area contributed by atoms with Crippen molar-refractivity contribution in [3.05, 3.63) is 35.5 Å². The number of nitrogens with one attached hydrogen (secondary N) is 1. The highest BCUT2D eigenvalue weighted by atomic mass is 16.5. The van der Waals surface area contributed by atoms with Gasteiger partial charge in [0.1, 0.15) is 11.6 Å². The lowest BCUT2D eigenvalue weighted by atomic mass is 10.1. The maximum atomic E-state index is 12.2. The average molecular weight is 358 g/mol. The summed E-state index contributed by atoms with van der Waals surface area (Å²) in [4.78, 5) is 16.5. The summed E-state index contributed by atoms with van der Waals surface area (Å²) in [5.41, 5.74) is 1.16. The van der Waals surface area contributed by atoms with Gasteiger partial charge in [-0.05, 0) is 31.2 Å². The van der Waals surface area contributed by atoms with Gasteiger partial charge in [0, 0.05) is 38.9 Å². The molecule has 2 rings (SSSR count). The Morgan fingerprint density at radius 2 is 1.92 bits per heavy atom. The first-order valence-electron chi connectivity index (χ1n) is 8.61. The topological polar surface area (TPSA) is 77.8 Å². The molecule has 0 bridgehead atoms. The van der Waals surface area contributed by atoms with Crippen LogP contribution in [-0.2, 0) is 11.2 Å². The fourth-order valence-electron chi connectivity index (χ4n) is 2.72. The fourth-order valence-corrected chi connectivity index (χ4v) is 2.72. The highest BCUT2D eigenvalue weighted by molar-refractivity contribution is 5.97. The first kappa shape index (κ1) is 19.6. The van der Waals surface area contributed by atoms with E-state index in [0.717, 1.165) is 31.7 Å². The monoisotopic (exact) mass is 358 g/mol. The molecule has 7 heteroatoms. The predicted molar refractivity (Wildman–Crippen MR) is 99.0 cm³/mol. The third kappa shape index (κ3) is 5.39. The first-order chi connectivity index (χ1) is 12.6. The second-order valence-electron chi connectivity index (χ2n) is 6.19. The van der Waals surface area contributed by atoms with Gasteiger partial charge in [-0.2, -0.15) is 5.26 Å². The van der Waals surface area contributed by atoms with Crippen molar-refractivity contribution in [2.45, 2.75) is 6.42 Å². The van der Waals surface area contributed by atoms with Crippen molar-refractivity contribution in [2.75, 3.05) is 54.0 Å². The molecule has 26 heavy (non-hydrogen) atoms. The molecule has 1 aromatic rings. The first-order valence-corrected chi connectivity index (χ1v) is 8.61. The zero-order chi connectivity index (χ0) is 18.9. The molecule has 0 atom stereocenters. The molecule has 1 heterocycles. The van der Waals surface area contributed by atoms with Crippen LogP contribution >= 0.6 is 0 Å². The van der Waals surface area contributed by atoms with E-state index in [1.807, 2.05) is 29.2 Å². The fraction of sp³-hybridized carbons (Fsp3) is 0.474. The quantitative estimate of drug-likeness (QED) is 0.579. The van der Waals surface area contributed by atoms with Gasteiger partial charge >= 0.3 is 0 Å². The minimum absolute atomic E-state index is 0.141. The molecule has 1 saturated heterocycles. The van der Waals surface area contributed by atoms with Crippen molar-refractivity contribution in [3.63, 3.8) is 0 Å². The largest absolute Gasteiger partial charge is 0.493 e. The van der Waals surface area contributed by atoms with Crippen LogP contribution in [0.25, 0.3) is 0 Å². The normalized spacial score (nSPS) is 15.3. The average Bonchev–Trinajstić information content (AvgIpc) is 2.67. The smallest absolute Gasteiger partial charge is 0.263 e. The molecule has 0 spiro atoms. The number of likely N-dealkylation sites (N-methyl/N-ethyl adjacent to an activating group) is 1. The van der Waals surface area contributed by atoms with Crippen molar-refractivity contribution in [3.8, 4) is 17.6 Å². The van der Waals surface area contributed by atoms with E-state index in [-0.39, 0.29) is 11.5 Å². The number of carbonyl (C=O) groups excluding carboxylic acids is 1. The van der Waals surface area contributed by atoms with Gasteiger partial charge in [-0.1, -0.05) is 6.07 Å². The molecule has 1 amide bonds. The number of carbonyl (C=O) groups is 1. The Hall–Kier alpha value is -2.72. The Balaban J connectivity index is 1.88. The van der Waals surface area contributed by atoms with Crippen molar-refractivity contribution < 1.29 is 14.3 Å². The lowest BCUT2D eigenvalue weighted by molar-refractivity contribution is -0.117. The van der Waals surface area contributed by atoms with Gasteiger partial charge in [-0.25, -0.2) is 0 Å². The Labute approximate surface area is 154 Å². The zero-order valence-electron chi connectivity index (χ0n) is 15.6. The molecule has 0 aliphatic carbocycles. The molecule has 1 aliphatic heterocycles. The standard InChI is InChI=1S/C19H26N4O3/c1-22-8-10-23(11-9-22)14-16(13-20)19(24)21-7-6-15-4-5-17(25-2)18(12-15)26-3/h4-5,12,14H,6-11H2,1-3H3,(H,21,24)/b16-14-. The van der Waals surface area contributed by atoms with E-state index in [2.05, 4.69) is 17.3 Å². The summed E-state index contributed by atoms with van der Waals surface area (Å²) in [5.74, 6) is 0.984. The number of benzene rings is 1. The molecule has 1 aliphatic rings. The number of rotatable bonds is 7. The van der Waals surface area contributed by atoms with E-state index in [1.54, 1.807) is 20.4 Å². The summed E-state index contributed by atoms with van der Waals surface area (Å²) >= 11 is 0. The molecule has 140 valence electrons. The van der Waals surface area contributed by atoms with E-state index < -0.39 is 0 Å². The maximum Gasteiger partial charge on any atom is 0.263 e. The molecule has 1 aromatic carbocycles. The number of ether oxygens (including phenoxy) is 2. The molecule has 0 aromatic heterocycles. The van der Waals surface area contributed by atoms with E-state index in [0.29, 0.717) is 24.5 Å². The van der Waals surface area contributed by atoms with Crippen LogP contribution < -0.4 is 14.8 Å². The summed E-state index contributed by atoms with van der Waals surface area (Å²) in [5, 5.41) is 12.1. The number of amides is 1. The van der Waals surface area contributed by atoms with E-state index in [4.69, 9.17) is 9.47 Å². The number of nitrogens with zero attached hydrogens (tertiary/aromatic N) is 3. The molecule has 0 radical (unpaired) electrons. The van der Waals surface area contributed by atoms with Crippen LogP contribution in [0.4, 0.5) is 0 Å². The lowest BCUT2D eigenvalue weighted by Gasteiger charge is -2.31. The van der Waals surface area contributed by atoms with Crippen LogP contribution in [0.1, 0.15) is 5.56 Å². The van der Waals surface area contributed by atoms with Crippen LogP contribution in [0.3, 0.4) is 0 Å². The Morgan fingerprint density at radius 3 is 2.54 bits per heavy atom. The van der Waals surface area contributed by atoms with E-state index in [9.17, 15) is 10.1 Å². The van der Waals surface area contributed by atoms with Gasteiger partial charge in [-0.15, -0.1) is 0 Å². The third-order valence-electron chi connectivity index (χ3n) is 4.36. The number of piperazine rings is 1. The maximum absolute atomic E-state index is 12.2. The summed E-state index contributed by atoms with van der Waals surface area (Å²) < 4.78 is 10.5. The molecule has 0 saturated carbocycles. The molecule has 7 nitrogen and oxygen atoms in total. The van der Waals surface area contributed by atoms with Gasteiger partial charge in [0.25, 0.3) is 5.91 Å². The van der Waals surface area contributed by atoms with Crippen molar-refractivity contribution >= 4 is 5.91 Å². The molecular formula is C19H26N4O3. The van der Waals surface area contributed by atoms with Crippen LogP contribution in [0.15, 0.2) is 30.0 Å². The third-order valence-corrected chi connectivity index (χ3v) is 4.36. The molecule has 0 unspecified atom stereocenters. The predicted octanol–water partition coefficient (Wildman–Crippen LogP) is 1.02. The van der Waals surface area contributed by atoms with Crippen LogP contribution in [-0.4, -0.2) is 69.7 Å². The Morgan fingerprint density at radius 1 is 1.23 bits per heavy atom. The van der Waals surface area contributed by atoms with Crippen molar-refractivity contribution in [2.24, 2.45) is 0 Å². The molecular weight excluding hydrogens is 332 g/mol. The summed E-state index contributed by atoms with van der Waals surface area (Å²) in [6.07, 6.45) is 2.30. The van der Waals surface area contributed by atoms with Crippen LogP contribution in [0.5, 0.6) is 11.5 Å². The van der Waals surface area contributed by atoms with Gasteiger partial charge in [-0.3, -0.25) is 4.79 Å². The van der Waals surface area contributed by atoms with Crippen LogP contribution in [0.2, 0.25) is 0 Å². The minimum atomic E-state index is -0.341. The van der Waals surface area contributed by atoms with Gasteiger partial charge in [0.05, 0.1) is 14.2 Å². The van der Waals surface area contributed by atoms with Crippen molar-refractivity contribution in [1.82, 2.24) is 15.1 Å². The Bertz CT molecular complexity index is 689. The van der Waals surface area contributed by atoms with Gasteiger partial charge < -0.3 is 24.6 Å². The number of hydrogen-bond donors (Lipinski definition) is 1.